The van der Waals surface area contributed by atoms with Gasteiger partial charge in [-0.15, -0.1) is 0 Å². The summed E-state index contributed by atoms with van der Waals surface area (Å²) in [5, 5.41) is 17.5. The molecule has 0 spiro atoms. The largest absolute Gasteiger partial charge is 0.501 e. The topological polar surface area (TPSA) is 110 Å². The lowest BCUT2D eigenvalue weighted by atomic mass is 9.81. The zero-order valence-electron chi connectivity index (χ0n) is 18.2. The second kappa shape index (κ2) is 9.70. The summed E-state index contributed by atoms with van der Waals surface area (Å²) in [7, 11) is 1.48. The molecule has 8 nitrogen and oxygen atoms in total. The maximum atomic E-state index is 12.9. The van der Waals surface area contributed by atoms with Gasteiger partial charge < -0.3 is 14.9 Å². The van der Waals surface area contributed by atoms with Crippen molar-refractivity contribution in [3.8, 4) is 5.75 Å². The van der Waals surface area contributed by atoms with Crippen LogP contribution in [0.5, 0.6) is 5.75 Å². The van der Waals surface area contributed by atoms with Crippen LogP contribution >= 0.6 is 23.2 Å². The number of aromatic hydroxyl groups is 1. The van der Waals surface area contributed by atoms with Crippen molar-refractivity contribution in [2.45, 2.75) is 18.8 Å². The molecule has 4 aromatic rings. The van der Waals surface area contributed by atoms with Crippen molar-refractivity contribution in [1.82, 2.24) is 14.7 Å². The minimum Gasteiger partial charge on any atom is -0.501 e. The Kier molecular flexibility index (Phi) is 6.72. The minimum absolute atomic E-state index is 0.256. The van der Waals surface area contributed by atoms with Crippen LogP contribution in [0.25, 0.3) is 0 Å². The molecule has 0 aliphatic rings. The van der Waals surface area contributed by atoms with Crippen LogP contribution in [0.4, 0.5) is 5.69 Å². The maximum Gasteiger partial charge on any atom is 0.296 e. The molecule has 174 valence electrons. The molecule has 0 saturated carbocycles. The lowest BCUT2D eigenvalue weighted by Gasteiger charge is -2.28. The summed E-state index contributed by atoms with van der Waals surface area (Å²) in [6, 6.07) is 14.7. The van der Waals surface area contributed by atoms with Gasteiger partial charge in [-0.3, -0.25) is 14.2 Å². The van der Waals surface area contributed by atoms with E-state index in [0.29, 0.717) is 10.0 Å². The molecule has 0 unspecified atom stereocenters. The first-order valence-electron chi connectivity index (χ1n) is 10.3. The Bertz CT molecular complexity index is 1360. The van der Waals surface area contributed by atoms with Gasteiger partial charge in [0.05, 0.1) is 6.20 Å². The fraction of sp³-hybridized carbons (Fsp3) is 0.167. The highest BCUT2D eigenvalue weighted by molar-refractivity contribution is 6.32. The third-order valence-electron chi connectivity index (χ3n) is 5.59. The zero-order chi connectivity index (χ0) is 24.4. The average molecular weight is 499 g/mol. The van der Waals surface area contributed by atoms with Gasteiger partial charge in [0.25, 0.3) is 11.5 Å². The number of benzene rings is 2. The molecule has 0 aliphatic heterocycles. The summed E-state index contributed by atoms with van der Waals surface area (Å²) in [6.07, 6.45) is 2.49. The van der Waals surface area contributed by atoms with Crippen LogP contribution in [0.2, 0.25) is 10.0 Å². The van der Waals surface area contributed by atoms with Crippen molar-refractivity contribution in [3.05, 3.63) is 104 Å². The lowest BCUT2D eigenvalue weighted by molar-refractivity contribution is 0.101. The van der Waals surface area contributed by atoms with E-state index in [9.17, 15) is 14.7 Å². The number of amides is 1. The number of carbonyl (C=O) groups excluding carboxylic acids is 1. The number of halogens is 2. The third kappa shape index (κ3) is 4.42. The number of anilines is 1. The molecule has 0 bridgehead atoms. The van der Waals surface area contributed by atoms with Crippen LogP contribution in [-0.4, -0.2) is 25.7 Å². The summed E-state index contributed by atoms with van der Waals surface area (Å²) in [5.41, 5.74) is 0.643. The molecule has 2 heterocycles. The Morgan fingerprint density at radius 3 is 2.21 bits per heavy atom. The summed E-state index contributed by atoms with van der Waals surface area (Å²) in [6.45, 7) is 1.86. The van der Waals surface area contributed by atoms with Crippen LogP contribution in [0.15, 0.2) is 70.3 Å². The molecule has 0 saturated heterocycles. The number of hydrogen-bond donors (Lipinski definition) is 2. The van der Waals surface area contributed by atoms with E-state index < -0.39 is 34.7 Å². The molecule has 34 heavy (non-hydrogen) atoms. The Morgan fingerprint density at radius 2 is 1.68 bits per heavy atom. The third-order valence-corrected chi connectivity index (χ3v) is 6.28. The normalized spacial score (nSPS) is 12.0. The molecule has 0 radical (unpaired) electrons. The van der Waals surface area contributed by atoms with Crippen LogP contribution in [0.3, 0.4) is 0 Å². The van der Waals surface area contributed by atoms with Crippen molar-refractivity contribution in [3.63, 3.8) is 0 Å². The first kappa shape index (κ1) is 23.5. The van der Waals surface area contributed by atoms with Gasteiger partial charge >= 0.3 is 0 Å². The molecule has 2 N–H and O–H groups in total. The quantitative estimate of drug-likeness (QED) is 0.388. The second-order valence-electron chi connectivity index (χ2n) is 7.71. The molecule has 10 heteroatoms. The average Bonchev–Trinajstić information content (AvgIpc) is 3.33. The number of nitrogens with one attached hydrogen (secondary N) is 1. The van der Waals surface area contributed by atoms with E-state index in [0.717, 1.165) is 11.1 Å². The SMILES string of the molecule is C[C@@H](c1nc(C(=O)Nc2cnoc2)c(O)c(=O)n1C)C(c1ccccc1Cl)c1ccccc1Cl. The van der Waals surface area contributed by atoms with Gasteiger partial charge in [-0.25, -0.2) is 4.98 Å². The first-order chi connectivity index (χ1) is 16.3. The van der Waals surface area contributed by atoms with Crippen molar-refractivity contribution in [1.29, 1.82) is 0 Å². The van der Waals surface area contributed by atoms with E-state index in [1.165, 1.54) is 24.1 Å². The van der Waals surface area contributed by atoms with E-state index in [2.05, 4.69) is 15.5 Å². The smallest absolute Gasteiger partial charge is 0.296 e. The van der Waals surface area contributed by atoms with Crippen LogP contribution in [0, 0.1) is 0 Å². The van der Waals surface area contributed by atoms with Crippen LogP contribution in [0.1, 0.15) is 46.2 Å². The fourth-order valence-electron chi connectivity index (χ4n) is 3.94. The molecule has 1 atom stereocenters. The second-order valence-corrected chi connectivity index (χ2v) is 8.52. The van der Waals surface area contributed by atoms with Gasteiger partial charge in [0, 0.05) is 28.9 Å². The number of aromatic nitrogens is 3. The van der Waals surface area contributed by atoms with E-state index in [4.69, 9.17) is 27.7 Å². The van der Waals surface area contributed by atoms with Crippen molar-refractivity contribution in [2.75, 3.05) is 5.32 Å². The number of hydrogen-bond acceptors (Lipinski definition) is 6. The standard InChI is InChI=1S/C24H20Cl2N4O4/c1-13(19(15-7-3-5-9-17(15)25)16-8-4-6-10-18(16)26)22-29-20(21(31)24(33)30(22)2)23(32)28-14-11-27-34-12-14/h3-13,19,31H,1-2H3,(H,28,32)/t13-/m1/s1. The van der Waals surface area contributed by atoms with Gasteiger partial charge in [0.1, 0.15) is 17.8 Å². The minimum atomic E-state index is -0.779. The molecular weight excluding hydrogens is 479 g/mol. The lowest BCUT2D eigenvalue weighted by Crippen LogP contribution is -2.29. The maximum absolute atomic E-state index is 12.9. The Morgan fingerprint density at radius 1 is 1.09 bits per heavy atom. The van der Waals surface area contributed by atoms with Crippen molar-refractivity contribution in [2.24, 2.45) is 7.05 Å². The van der Waals surface area contributed by atoms with E-state index in [-0.39, 0.29) is 11.5 Å². The monoisotopic (exact) mass is 498 g/mol. The van der Waals surface area contributed by atoms with Crippen LogP contribution in [-0.2, 0) is 7.05 Å². The van der Waals surface area contributed by atoms with E-state index >= 15 is 0 Å². The highest BCUT2D eigenvalue weighted by Gasteiger charge is 2.31. The Labute approximate surface area is 204 Å². The molecule has 0 aliphatic carbocycles. The number of carbonyl (C=O) groups is 1. The van der Waals surface area contributed by atoms with Crippen LogP contribution < -0.4 is 10.9 Å². The molecule has 0 fully saturated rings. The zero-order valence-corrected chi connectivity index (χ0v) is 19.7. The van der Waals surface area contributed by atoms with Gasteiger partial charge in [-0.1, -0.05) is 71.7 Å². The molecule has 2 aromatic carbocycles. The predicted octanol–water partition coefficient (Wildman–Crippen LogP) is 4.97. The van der Waals surface area contributed by atoms with Gasteiger partial charge in [0.2, 0.25) is 5.75 Å². The van der Waals surface area contributed by atoms with Gasteiger partial charge in [0.15, 0.2) is 5.69 Å². The van der Waals surface area contributed by atoms with E-state index in [1.807, 2.05) is 43.3 Å². The summed E-state index contributed by atoms with van der Waals surface area (Å²) in [5.74, 6) is -2.15. The van der Waals surface area contributed by atoms with Gasteiger partial charge in [-0.2, -0.15) is 0 Å². The number of nitrogens with zero attached hydrogens (tertiary/aromatic N) is 3. The summed E-state index contributed by atoms with van der Waals surface area (Å²) >= 11 is 13.1. The Balaban J connectivity index is 1.86. The van der Waals surface area contributed by atoms with Crippen molar-refractivity contribution < 1.29 is 14.4 Å². The number of rotatable bonds is 6. The molecule has 1 amide bonds. The highest BCUT2D eigenvalue weighted by atomic mass is 35.5. The van der Waals surface area contributed by atoms with Gasteiger partial charge in [-0.05, 0) is 23.3 Å². The van der Waals surface area contributed by atoms with Crippen molar-refractivity contribution >= 4 is 34.8 Å². The summed E-state index contributed by atoms with van der Waals surface area (Å²) < 4.78 is 5.92. The molecular formula is C24H20Cl2N4O4. The first-order valence-corrected chi connectivity index (χ1v) is 11.0. The Hall–Kier alpha value is -3.62. The molecule has 2 aromatic heterocycles. The highest BCUT2D eigenvalue weighted by Crippen LogP contribution is 2.42. The van der Waals surface area contributed by atoms with E-state index in [1.54, 1.807) is 12.1 Å². The fourth-order valence-corrected chi connectivity index (χ4v) is 4.45. The summed E-state index contributed by atoms with van der Waals surface area (Å²) in [4.78, 5) is 30.1. The predicted molar refractivity (Wildman–Crippen MR) is 129 cm³/mol. The molecule has 4 rings (SSSR count).